The third-order valence-electron chi connectivity index (χ3n) is 3.25. The summed E-state index contributed by atoms with van der Waals surface area (Å²) >= 11 is 0. The Kier molecular flexibility index (Phi) is 3.83. The molecule has 22 heavy (non-hydrogen) atoms. The minimum atomic E-state index is -1.93. The van der Waals surface area contributed by atoms with Gasteiger partial charge >= 0.3 is 5.97 Å². The maximum atomic E-state index is 12.1. The van der Waals surface area contributed by atoms with Crippen LogP contribution in [0, 0.1) is 0 Å². The number of carbonyl (C=O) groups is 4. The molecule has 0 aliphatic carbocycles. The van der Waals surface area contributed by atoms with Gasteiger partial charge in [-0.25, -0.2) is 4.79 Å². The summed E-state index contributed by atoms with van der Waals surface area (Å²) in [5.74, 6) is -4.68. The number of amides is 2. The Hall–Kier alpha value is -2.94. The molecule has 1 aromatic carbocycles. The number of fused-ring (bicyclic) bond motifs is 1. The van der Waals surface area contributed by atoms with E-state index in [0.717, 1.165) is 12.1 Å². The van der Waals surface area contributed by atoms with E-state index in [2.05, 4.69) is 0 Å². The normalized spacial score (nSPS) is 16.3. The molecule has 9 nitrogen and oxygen atoms in total. The lowest BCUT2D eigenvalue weighted by Crippen LogP contribution is -2.44. The highest BCUT2D eigenvalue weighted by atomic mass is 16.4. The van der Waals surface area contributed by atoms with Gasteiger partial charge in [0, 0.05) is 6.42 Å². The summed E-state index contributed by atoms with van der Waals surface area (Å²) < 4.78 is 0. The third kappa shape index (κ3) is 2.37. The lowest BCUT2D eigenvalue weighted by Gasteiger charge is -2.22. The van der Waals surface area contributed by atoms with Gasteiger partial charge in [-0.05, 0) is 12.1 Å². The minimum Gasteiger partial charge on any atom is -0.504 e. The number of phenolic OH excluding ortho intramolecular Hbond substituents is 2. The number of benzene rings is 1. The van der Waals surface area contributed by atoms with E-state index in [0.29, 0.717) is 4.90 Å². The van der Waals surface area contributed by atoms with Crippen LogP contribution in [0.5, 0.6) is 11.5 Å². The van der Waals surface area contributed by atoms with Crippen LogP contribution in [0.2, 0.25) is 0 Å². The number of hydrogen-bond acceptors (Lipinski definition) is 7. The number of aliphatic hydroxyl groups is 1. The molecule has 1 aliphatic rings. The Morgan fingerprint density at radius 1 is 1.14 bits per heavy atom. The Morgan fingerprint density at radius 3 is 1.95 bits per heavy atom. The number of rotatable bonds is 5. The molecule has 0 aromatic heterocycles. The SMILES string of the molecule is O=CC(CC(O)C(=O)O)N1C(=O)c2cc(O)c(O)cc2C1=O. The van der Waals surface area contributed by atoms with Crippen LogP contribution in [0.15, 0.2) is 12.1 Å². The van der Waals surface area contributed by atoms with Crippen molar-refractivity contribution in [2.24, 2.45) is 0 Å². The summed E-state index contributed by atoms with van der Waals surface area (Å²) in [4.78, 5) is 46.5. The molecule has 0 spiro atoms. The topological polar surface area (TPSA) is 152 Å². The second-order valence-electron chi connectivity index (χ2n) is 4.66. The van der Waals surface area contributed by atoms with Gasteiger partial charge < -0.3 is 25.2 Å². The number of carbonyl (C=O) groups excluding carboxylic acids is 3. The molecular formula is C13H11NO8. The van der Waals surface area contributed by atoms with Gasteiger partial charge in [0.15, 0.2) is 17.6 Å². The lowest BCUT2D eigenvalue weighted by molar-refractivity contribution is -0.147. The molecule has 0 saturated heterocycles. The second kappa shape index (κ2) is 5.45. The van der Waals surface area contributed by atoms with Crippen LogP contribution < -0.4 is 0 Å². The van der Waals surface area contributed by atoms with Crippen molar-refractivity contribution in [3.63, 3.8) is 0 Å². The molecule has 116 valence electrons. The summed E-state index contributed by atoms with van der Waals surface area (Å²) in [6, 6.07) is 0.267. The fourth-order valence-electron chi connectivity index (χ4n) is 2.14. The standard InChI is InChI=1S/C13H11NO8/c15-4-5(1-10(18)13(21)22)14-11(19)6-2-8(16)9(17)3-7(6)12(14)20/h2-5,10,16-18H,1H2,(H,21,22). The monoisotopic (exact) mass is 309 g/mol. The van der Waals surface area contributed by atoms with Crippen molar-refractivity contribution in [1.29, 1.82) is 0 Å². The summed E-state index contributed by atoms with van der Waals surface area (Å²) in [6.45, 7) is 0. The first-order chi connectivity index (χ1) is 10.3. The van der Waals surface area contributed by atoms with Crippen LogP contribution in [-0.4, -0.2) is 61.5 Å². The largest absolute Gasteiger partial charge is 0.504 e. The molecule has 2 amide bonds. The number of hydrogen-bond donors (Lipinski definition) is 4. The summed E-state index contributed by atoms with van der Waals surface area (Å²) in [5, 5.41) is 36.6. The van der Waals surface area contributed by atoms with Gasteiger partial charge in [0.05, 0.1) is 17.2 Å². The number of carboxylic acids is 1. The molecule has 1 aliphatic heterocycles. The first-order valence-electron chi connectivity index (χ1n) is 6.08. The number of phenols is 2. The van der Waals surface area contributed by atoms with Gasteiger partial charge in [0.1, 0.15) is 6.29 Å². The predicted octanol–water partition coefficient (Wildman–Crippen LogP) is -0.903. The Bertz CT molecular complexity index is 642. The van der Waals surface area contributed by atoms with Gasteiger partial charge in [0.25, 0.3) is 11.8 Å². The highest BCUT2D eigenvalue weighted by Gasteiger charge is 2.42. The number of aliphatic hydroxyl groups excluding tert-OH is 1. The van der Waals surface area contributed by atoms with Crippen molar-refractivity contribution in [3.8, 4) is 11.5 Å². The average Bonchev–Trinajstić information content (AvgIpc) is 2.69. The smallest absolute Gasteiger partial charge is 0.332 e. The maximum absolute atomic E-state index is 12.1. The van der Waals surface area contributed by atoms with E-state index in [1.807, 2.05) is 0 Å². The fraction of sp³-hybridized carbons (Fsp3) is 0.231. The molecule has 1 aromatic rings. The van der Waals surface area contributed by atoms with Crippen LogP contribution in [0.1, 0.15) is 27.1 Å². The van der Waals surface area contributed by atoms with Crippen LogP contribution >= 0.6 is 0 Å². The average molecular weight is 309 g/mol. The van der Waals surface area contributed by atoms with Crippen molar-refractivity contribution in [3.05, 3.63) is 23.3 Å². The number of aliphatic carboxylic acids is 1. The zero-order chi connectivity index (χ0) is 16.6. The van der Waals surface area contributed by atoms with Gasteiger partial charge in [-0.15, -0.1) is 0 Å². The first-order valence-corrected chi connectivity index (χ1v) is 6.08. The van der Waals surface area contributed by atoms with E-state index in [1.165, 1.54) is 0 Å². The fourth-order valence-corrected chi connectivity index (χ4v) is 2.14. The zero-order valence-electron chi connectivity index (χ0n) is 11.0. The number of aldehydes is 1. The molecule has 2 atom stereocenters. The molecule has 0 fully saturated rings. The molecule has 2 unspecified atom stereocenters. The van der Waals surface area contributed by atoms with Gasteiger partial charge in [0.2, 0.25) is 0 Å². The van der Waals surface area contributed by atoms with Crippen molar-refractivity contribution < 1.29 is 39.6 Å². The van der Waals surface area contributed by atoms with Crippen LogP contribution in [0.4, 0.5) is 0 Å². The van der Waals surface area contributed by atoms with E-state index in [-0.39, 0.29) is 17.4 Å². The molecule has 1 heterocycles. The van der Waals surface area contributed by atoms with Crippen molar-refractivity contribution >= 4 is 24.1 Å². The molecule has 2 rings (SSSR count). The van der Waals surface area contributed by atoms with E-state index < -0.39 is 47.8 Å². The van der Waals surface area contributed by atoms with Crippen molar-refractivity contribution in [2.45, 2.75) is 18.6 Å². The molecule has 9 heteroatoms. The molecule has 0 saturated carbocycles. The number of nitrogens with zero attached hydrogens (tertiary/aromatic N) is 1. The Labute approximate surface area is 123 Å². The minimum absolute atomic E-state index is 0.174. The van der Waals surface area contributed by atoms with Gasteiger partial charge in [-0.3, -0.25) is 14.5 Å². The summed E-state index contributed by atoms with van der Waals surface area (Å²) in [5.41, 5.74) is -0.450. The third-order valence-corrected chi connectivity index (χ3v) is 3.25. The lowest BCUT2D eigenvalue weighted by atomic mass is 10.1. The molecule has 4 N–H and O–H groups in total. The Morgan fingerprint density at radius 2 is 1.59 bits per heavy atom. The van der Waals surface area contributed by atoms with Gasteiger partial charge in [-0.1, -0.05) is 0 Å². The van der Waals surface area contributed by atoms with E-state index in [4.69, 9.17) is 5.11 Å². The van der Waals surface area contributed by atoms with Gasteiger partial charge in [-0.2, -0.15) is 0 Å². The van der Waals surface area contributed by atoms with Crippen LogP contribution in [0.3, 0.4) is 0 Å². The highest BCUT2D eigenvalue weighted by Crippen LogP contribution is 2.34. The van der Waals surface area contributed by atoms with E-state index >= 15 is 0 Å². The number of imide groups is 1. The number of carboxylic acid groups (broad SMARTS) is 1. The van der Waals surface area contributed by atoms with E-state index in [1.54, 1.807) is 0 Å². The second-order valence-corrected chi connectivity index (χ2v) is 4.66. The predicted molar refractivity (Wildman–Crippen MR) is 68.4 cm³/mol. The quantitative estimate of drug-likeness (QED) is 0.310. The number of aromatic hydroxyl groups is 2. The van der Waals surface area contributed by atoms with E-state index in [9.17, 15) is 34.5 Å². The zero-order valence-corrected chi connectivity index (χ0v) is 11.0. The highest BCUT2D eigenvalue weighted by molar-refractivity contribution is 6.22. The molecular weight excluding hydrogens is 298 g/mol. The van der Waals surface area contributed by atoms with Crippen molar-refractivity contribution in [1.82, 2.24) is 4.90 Å². The van der Waals surface area contributed by atoms with Crippen LogP contribution in [-0.2, 0) is 9.59 Å². The first kappa shape index (κ1) is 15.4. The van der Waals surface area contributed by atoms with Crippen LogP contribution in [0.25, 0.3) is 0 Å². The summed E-state index contributed by atoms with van der Waals surface area (Å²) in [7, 11) is 0. The molecule has 0 bridgehead atoms. The van der Waals surface area contributed by atoms with Crippen molar-refractivity contribution in [2.75, 3.05) is 0 Å². The Balaban J connectivity index is 2.37. The molecule has 0 radical (unpaired) electrons. The maximum Gasteiger partial charge on any atom is 0.332 e. The summed E-state index contributed by atoms with van der Waals surface area (Å²) in [6.07, 6.45) is -2.42.